The molecule has 0 saturated heterocycles. The molecular weight excluding hydrogens is 222 g/mol. The SMILES string of the molecule is CC(C)C(C)S(=O)(=O)C(C)CNC(C)(C)C. The van der Waals surface area contributed by atoms with Crippen LogP contribution in [0.25, 0.3) is 0 Å². The van der Waals surface area contributed by atoms with Crippen LogP contribution in [0, 0.1) is 5.92 Å². The van der Waals surface area contributed by atoms with Gasteiger partial charge in [0.15, 0.2) is 9.84 Å². The summed E-state index contributed by atoms with van der Waals surface area (Å²) in [4.78, 5) is 0. The predicted molar refractivity (Wildman–Crippen MR) is 70.4 cm³/mol. The van der Waals surface area contributed by atoms with E-state index in [1.54, 1.807) is 13.8 Å². The molecular formula is C12H27NO2S. The highest BCUT2D eigenvalue weighted by atomic mass is 32.2. The number of hydrogen-bond acceptors (Lipinski definition) is 3. The summed E-state index contributed by atoms with van der Waals surface area (Å²) >= 11 is 0. The molecule has 0 amide bonds. The van der Waals surface area contributed by atoms with E-state index in [-0.39, 0.29) is 22.0 Å². The number of rotatable bonds is 5. The van der Waals surface area contributed by atoms with Gasteiger partial charge in [0, 0.05) is 12.1 Å². The first kappa shape index (κ1) is 15.9. The molecule has 0 rings (SSSR count). The lowest BCUT2D eigenvalue weighted by Gasteiger charge is -2.26. The molecule has 4 heteroatoms. The van der Waals surface area contributed by atoms with Crippen molar-refractivity contribution in [2.45, 2.75) is 64.5 Å². The summed E-state index contributed by atoms with van der Waals surface area (Å²) in [5, 5.41) is 2.64. The van der Waals surface area contributed by atoms with Gasteiger partial charge in [-0.1, -0.05) is 13.8 Å². The van der Waals surface area contributed by atoms with Crippen LogP contribution in [0.2, 0.25) is 0 Å². The van der Waals surface area contributed by atoms with E-state index in [9.17, 15) is 8.42 Å². The Labute approximate surface area is 101 Å². The molecule has 0 aromatic heterocycles. The van der Waals surface area contributed by atoms with Gasteiger partial charge in [-0.15, -0.1) is 0 Å². The highest BCUT2D eigenvalue weighted by Gasteiger charge is 2.30. The van der Waals surface area contributed by atoms with E-state index >= 15 is 0 Å². The van der Waals surface area contributed by atoms with E-state index in [0.717, 1.165) is 0 Å². The summed E-state index contributed by atoms with van der Waals surface area (Å²) < 4.78 is 24.3. The molecule has 1 N–H and O–H groups in total. The van der Waals surface area contributed by atoms with Crippen LogP contribution in [0.4, 0.5) is 0 Å². The first-order chi connectivity index (χ1) is 6.98. The third kappa shape index (κ3) is 4.83. The van der Waals surface area contributed by atoms with Gasteiger partial charge in [0.05, 0.1) is 10.5 Å². The van der Waals surface area contributed by atoms with Crippen molar-refractivity contribution in [1.29, 1.82) is 0 Å². The average molecular weight is 249 g/mol. The summed E-state index contributed by atoms with van der Waals surface area (Å²) in [5.41, 5.74) is -0.0369. The Morgan fingerprint density at radius 2 is 1.50 bits per heavy atom. The van der Waals surface area contributed by atoms with Crippen LogP contribution in [0.1, 0.15) is 48.5 Å². The Morgan fingerprint density at radius 1 is 1.06 bits per heavy atom. The van der Waals surface area contributed by atoms with Crippen molar-refractivity contribution in [3.8, 4) is 0 Å². The number of sulfone groups is 1. The maximum absolute atomic E-state index is 12.1. The monoisotopic (exact) mass is 249 g/mol. The van der Waals surface area contributed by atoms with Gasteiger partial charge in [-0.25, -0.2) is 8.42 Å². The number of hydrogen-bond donors (Lipinski definition) is 1. The van der Waals surface area contributed by atoms with Crippen molar-refractivity contribution in [3.05, 3.63) is 0 Å². The van der Waals surface area contributed by atoms with E-state index in [4.69, 9.17) is 0 Å². The zero-order chi connectivity index (χ0) is 13.1. The van der Waals surface area contributed by atoms with Gasteiger partial charge < -0.3 is 5.32 Å². The highest BCUT2D eigenvalue weighted by molar-refractivity contribution is 7.92. The summed E-state index contributed by atoms with van der Waals surface area (Å²) in [6, 6.07) is 0. The molecule has 0 saturated carbocycles. The van der Waals surface area contributed by atoms with Gasteiger partial charge in [0.2, 0.25) is 0 Å². The van der Waals surface area contributed by atoms with Gasteiger partial charge >= 0.3 is 0 Å². The fourth-order valence-electron chi connectivity index (χ4n) is 1.31. The van der Waals surface area contributed by atoms with Crippen LogP contribution in [0.3, 0.4) is 0 Å². The molecule has 0 aromatic carbocycles. The van der Waals surface area contributed by atoms with E-state index in [0.29, 0.717) is 6.54 Å². The minimum Gasteiger partial charge on any atom is -0.311 e. The third-order valence-corrected chi connectivity index (χ3v) is 5.81. The predicted octanol–water partition coefficient (Wildman–Crippen LogP) is 2.22. The largest absolute Gasteiger partial charge is 0.311 e. The van der Waals surface area contributed by atoms with Gasteiger partial charge in [0.1, 0.15) is 0 Å². The Kier molecular flexibility index (Phi) is 5.47. The molecule has 0 aromatic rings. The summed E-state index contributed by atoms with van der Waals surface area (Å²) in [6.45, 7) is 14.1. The van der Waals surface area contributed by atoms with Crippen molar-refractivity contribution >= 4 is 9.84 Å². The average Bonchev–Trinajstić information content (AvgIpc) is 2.11. The van der Waals surface area contributed by atoms with Gasteiger partial charge in [0.25, 0.3) is 0 Å². The molecule has 0 aliphatic heterocycles. The van der Waals surface area contributed by atoms with Gasteiger partial charge in [-0.3, -0.25) is 0 Å². The fraction of sp³-hybridized carbons (Fsp3) is 1.00. The molecule has 0 bridgehead atoms. The second-order valence-corrected chi connectivity index (χ2v) is 8.71. The molecule has 0 radical (unpaired) electrons. The molecule has 0 fully saturated rings. The summed E-state index contributed by atoms with van der Waals surface area (Å²) in [7, 11) is -3.02. The standard InChI is InChI=1S/C12H27NO2S/c1-9(2)11(4)16(14,15)10(3)8-13-12(5,6)7/h9-11,13H,8H2,1-7H3. The first-order valence-electron chi connectivity index (χ1n) is 5.96. The molecule has 16 heavy (non-hydrogen) atoms. The highest BCUT2D eigenvalue weighted by Crippen LogP contribution is 2.17. The number of nitrogens with one attached hydrogen (secondary N) is 1. The Hall–Kier alpha value is -0.0900. The zero-order valence-corrected chi connectivity index (χ0v) is 12.5. The normalized spacial score (nSPS) is 17.5. The van der Waals surface area contributed by atoms with Crippen molar-refractivity contribution in [3.63, 3.8) is 0 Å². The molecule has 3 nitrogen and oxygen atoms in total. The lowest BCUT2D eigenvalue weighted by atomic mass is 10.1. The molecule has 2 atom stereocenters. The van der Waals surface area contributed by atoms with Crippen LogP contribution in [0.5, 0.6) is 0 Å². The van der Waals surface area contributed by atoms with Crippen LogP contribution < -0.4 is 5.32 Å². The summed E-state index contributed by atoms with van der Waals surface area (Å²) in [6.07, 6.45) is 0. The maximum atomic E-state index is 12.1. The van der Waals surface area contributed by atoms with E-state index in [2.05, 4.69) is 5.32 Å². The van der Waals surface area contributed by atoms with Crippen LogP contribution >= 0.6 is 0 Å². The van der Waals surface area contributed by atoms with Crippen molar-refractivity contribution < 1.29 is 8.42 Å². The molecule has 98 valence electrons. The van der Waals surface area contributed by atoms with E-state index in [1.807, 2.05) is 34.6 Å². The Balaban J connectivity index is 4.54. The lowest BCUT2D eigenvalue weighted by Crippen LogP contribution is -2.44. The zero-order valence-electron chi connectivity index (χ0n) is 11.7. The molecule has 0 aliphatic carbocycles. The fourth-order valence-corrected chi connectivity index (χ4v) is 3.12. The van der Waals surface area contributed by atoms with Crippen molar-refractivity contribution in [2.75, 3.05) is 6.54 Å². The van der Waals surface area contributed by atoms with E-state index < -0.39 is 9.84 Å². The Morgan fingerprint density at radius 3 is 1.81 bits per heavy atom. The van der Waals surface area contributed by atoms with E-state index in [1.165, 1.54) is 0 Å². The Bertz CT molecular complexity index is 301. The first-order valence-corrected chi connectivity index (χ1v) is 7.57. The van der Waals surface area contributed by atoms with Crippen LogP contribution in [0.15, 0.2) is 0 Å². The van der Waals surface area contributed by atoms with Gasteiger partial charge in [-0.05, 0) is 40.5 Å². The van der Waals surface area contributed by atoms with Crippen LogP contribution in [-0.4, -0.2) is 31.0 Å². The molecule has 0 heterocycles. The second kappa shape index (κ2) is 5.50. The van der Waals surface area contributed by atoms with Crippen molar-refractivity contribution in [1.82, 2.24) is 5.32 Å². The van der Waals surface area contributed by atoms with Crippen LogP contribution in [-0.2, 0) is 9.84 Å². The maximum Gasteiger partial charge on any atom is 0.156 e. The minimum atomic E-state index is -3.02. The van der Waals surface area contributed by atoms with Crippen molar-refractivity contribution in [2.24, 2.45) is 5.92 Å². The summed E-state index contributed by atoms with van der Waals surface area (Å²) in [5.74, 6) is 0.169. The quantitative estimate of drug-likeness (QED) is 0.812. The third-order valence-electron chi connectivity index (χ3n) is 2.94. The smallest absolute Gasteiger partial charge is 0.156 e. The molecule has 0 spiro atoms. The van der Waals surface area contributed by atoms with Gasteiger partial charge in [-0.2, -0.15) is 0 Å². The topological polar surface area (TPSA) is 46.2 Å². The molecule has 2 unspecified atom stereocenters. The molecule has 0 aliphatic rings. The second-order valence-electron chi connectivity index (χ2n) is 5.98. The lowest BCUT2D eigenvalue weighted by molar-refractivity contribution is 0.423. The minimum absolute atomic E-state index is 0.0369.